The predicted molar refractivity (Wildman–Crippen MR) is 111 cm³/mol. The van der Waals surface area contributed by atoms with Crippen molar-refractivity contribution in [1.29, 1.82) is 0 Å². The molecule has 0 aromatic heterocycles. The molecule has 2 N–H and O–H groups in total. The van der Waals surface area contributed by atoms with Gasteiger partial charge in [-0.1, -0.05) is 44.2 Å². The van der Waals surface area contributed by atoms with Crippen LogP contribution in [0.5, 0.6) is 0 Å². The minimum Gasteiger partial charge on any atom is -0.445 e. The van der Waals surface area contributed by atoms with Gasteiger partial charge < -0.3 is 20.3 Å². The van der Waals surface area contributed by atoms with Crippen molar-refractivity contribution in [2.45, 2.75) is 59.2 Å². The number of rotatable bonds is 7. The molecule has 2 rings (SSSR count). The Morgan fingerprint density at radius 1 is 1.21 bits per heavy atom. The monoisotopic (exact) mass is 389 g/mol. The third-order valence-corrected chi connectivity index (χ3v) is 5.35. The van der Waals surface area contributed by atoms with E-state index in [9.17, 15) is 9.59 Å². The summed E-state index contributed by atoms with van der Waals surface area (Å²) >= 11 is 0. The number of carbonyl (C=O) groups excluding carboxylic acids is 2. The lowest BCUT2D eigenvalue weighted by atomic mass is 9.95. The minimum atomic E-state index is -0.462. The van der Waals surface area contributed by atoms with Crippen molar-refractivity contribution in [3.63, 3.8) is 0 Å². The molecule has 1 aliphatic rings. The second-order valence-corrected chi connectivity index (χ2v) is 8.35. The van der Waals surface area contributed by atoms with E-state index in [1.165, 1.54) is 0 Å². The van der Waals surface area contributed by atoms with Crippen LogP contribution in [0.1, 0.15) is 46.1 Å². The van der Waals surface area contributed by atoms with Crippen molar-refractivity contribution in [3.8, 4) is 0 Å². The molecule has 0 aliphatic carbocycles. The van der Waals surface area contributed by atoms with Crippen LogP contribution in [0, 0.1) is 11.8 Å². The molecular weight excluding hydrogens is 354 g/mol. The fraction of sp³-hybridized carbons (Fsp3) is 0.636. The second-order valence-electron chi connectivity index (χ2n) is 8.35. The zero-order valence-corrected chi connectivity index (χ0v) is 17.6. The van der Waals surface area contributed by atoms with Gasteiger partial charge in [0.25, 0.3) is 0 Å². The van der Waals surface area contributed by atoms with Crippen molar-refractivity contribution in [3.05, 3.63) is 35.9 Å². The van der Waals surface area contributed by atoms with Crippen molar-refractivity contribution >= 4 is 12.0 Å². The highest BCUT2D eigenvalue weighted by atomic mass is 16.6. The van der Waals surface area contributed by atoms with Crippen molar-refractivity contribution in [2.75, 3.05) is 19.6 Å². The number of ether oxygens (including phenoxy) is 1. The highest BCUT2D eigenvalue weighted by Gasteiger charge is 2.31. The van der Waals surface area contributed by atoms with Gasteiger partial charge >= 0.3 is 6.09 Å². The smallest absolute Gasteiger partial charge is 0.410 e. The van der Waals surface area contributed by atoms with Gasteiger partial charge in [-0.2, -0.15) is 0 Å². The summed E-state index contributed by atoms with van der Waals surface area (Å²) < 4.78 is 5.52. The van der Waals surface area contributed by atoms with Crippen molar-refractivity contribution in [1.82, 2.24) is 9.80 Å². The molecule has 1 saturated heterocycles. The maximum absolute atomic E-state index is 12.6. The van der Waals surface area contributed by atoms with Gasteiger partial charge in [0.1, 0.15) is 6.61 Å². The molecule has 0 radical (unpaired) electrons. The number of likely N-dealkylation sites (tertiary alicyclic amines) is 1. The first-order chi connectivity index (χ1) is 13.3. The molecule has 1 unspecified atom stereocenters. The quantitative estimate of drug-likeness (QED) is 0.777. The highest BCUT2D eigenvalue weighted by Crippen LogP contribution is 2.21. The van der Waals surface area contributed by atoms with E-state index in [2.05, 4.69) is 0 Å². The summed E-state index contributed by atoms with van der Waals surface area (Å²) in [7, 11) is 0. The van der Waals surface area contributed by atoms with Crippen LogP contribution in [0.2, 0.25) is 0 Å². The number of amides is 2. The minimum absolute atomic E-state index is 0.0162. The molecular formula is C22H35N3O3. The third kappa shape index (κ3) is 6.23. The predicted octanol–water partition coefficient (Wildman–Crippen LogP) is 3.26. The number of hydrogen-bond donors (Lipinski definition) is 1. The first-order valence-electron chi connectivity index (χ1n) is 10.3. The summed E-state index contributed by atoms with van der Waals surface area (Å²) in [6.07, 6.45) is 1.63. The zero-order chi connectivity index (χ0) is 20.7. The summed E-state index contributed by atoms with van der Waals surface area (Å²) in [5, 5.41) is 0. The van der Waals surface area contributed by atoms with Crippen LogP contribution in [0.25, 0.3) is 0 Å². The van der Waals surface area contributed by atoms with Crippen LogP contribution in [0.3, 0.4) is 0 Å². The SMILES string of the molecule is CC(C)[C@H](N)C(=O)N1CCCC(CN(C(=O)OCc2ccccc2)C(C)C)C1. The molecule has 1 aromatic rings. The first-order valence-corrected chi connectivity index (χ1v) is 10.3. The number of carbonyl (C=O) groups is 2. The normalized spacial score (nSPS) is 18.2. The number of nitrogens with zero attached hydrogens (tertiary/aromatic N) is 2. The molecule has 0 spiro atoms. The Morgan fingerprint density at radius 2 is 1.89 bits per heavy atom. The van der Waals surface area contributed by atoms with Crippen molar-refractivity contribution < 1.29 is 14.3 Å². The number of benzene rings is 1. The Balaban J connectivity index is 1.93. The zero-order valence-electron chi connectivity index (χ0n) is 17.6. The van der Waals surface area contributed by atoms with Gasteiger partial charge in [-0.3, -0.25) is 4.79 Å². The number of nitrogens with two attached hydrogens (primary N) is 1. The van der Waals surface area contributed by atoms with Crippen LogP contribution in [0.15, 0.2) is 30.3 Å². The number of piperidine rings is 1. The van der Waals surface area contributed by atoms with Gasteiger partial charge in [0.2, 0.25) is 5.91 Å². The highest BCUT2D eigenvalue weighted by molar-refractivity contribution is 5.82. The van der Waals surface area contributed by atoms with Crippen LogP contribution < -0.4 is 5.73 Å². The summed E-state index contributed by atoms with van der Waals surface area (Å²) in [5.41, 5.74) is 7.02. The van der Waals surface area contributed by atoms with E-state index in [-0.39, 0.29) is 36.5 Å². The molecule has 1 aromatic carbocycles. The lowest BCUT2D eigenvalue weighted by Gasteiger charge is -2.38. The van der Waals surface area contributed by atoms with E-state index < -0.39 is 6.04 Å². The summed E-state index contributed by atoms with van der Waals surface area (Å²) in [6.45, 7) is 10.2. The van der Waals surface area contributed by atoms with Gasteiger partial charge in [0.15, 0.2) is 0 Å². The molecule has 2 atom stereocenters. The Morgan fingerprint density at radius 3 is 2.50 bits per heavy atom. The van der Waals surface area contributed by atoms with E-state index in [1.807, 2.05) is 62.9 Å². The molecule has 6 heteroatoms. The molecule has 28 heavy (non-hydrogen) atoms. The van der Waals surface area contributed by atoms with Gasteiger partial charge in [-0.15, -0.1) is 0 Å². The molecule has 0 bridgehead atoms. The first kappa shape index (κ1) is 22.2. The molecule has 2 amide bonds. The van der Waals surface area contributed by atoms with Crippen LogP contribution in [-0.2, 0) is 16.1 Å². The average molecular weight is 390 g/mol. The Kier molecular flexibility index (Phi) is 8.30. The summed E-state index contributed by atoms with van der Waals surface area (Å²) in [5.74, 6) is 0.374. The molecule has 1 aliphatic heterocycles. The number of hydrogen-bond acceptors (Lipinski definition) is 4. The van der Waals surface area contributed by atoms with Crippen LogP contribution >= 0.6 is 0 Å². The van der Waals surface area contributed by atoms with Gasteiger partial charge in [-0.25, -0.2) is 4.79 Å². The van der Waals surface area contributed by atoms with E-state index in [1.54, 1.807) is 4.90 Å². The topological polar surface area (TPSA) is 75.9 Å². The molecule has 156 valence electrons. The van der Waals surface area contributed by atoms with Crippen LogP contribution in [-0.4, -0.2) is 53.5 Å². The van der Waals surface area contributed by atoms with Gasteiger partial charge in [-0.05, 0) is 44.1 Å². The fourth-order valence-electron chi connectivity index (χ4n) is 3.49. The second kappa shape index (κ2) is 10.5. The van der Waals surface area contributed by atoms with Crippen LogP contribution in [0.4, 0.5) is 4.79 Å². The summed E-state index contributed by atoms with van der Waals surface area (Å²) in [6, 6.07) is 9.25. The van der Waals surface area contributed by atoms with Crippen molar-refractivity contribution in [2.24, 2.45) is 17.6 Å². The maximum atomic E-state index is 12.6. The fourth-order valence-corrected chi connectivity index (χ4v) is 3.49. The van der Waals surface area contributed by atoms with Gasteiger partial charge in [0.05, 0.1) is 6.04 Å². The maximum Gasteiger partial charge on any atom is 0.410 e. The van der Waals surface area contributed by atoms with E-state index in [0.29, 0.717) is 13.1 Å². The lowest BCUT2D eigenvalue weighted by molar-refractivity contribution is -0.135. The standard InChI is InChI=1S/C22H35N3O3/c1-16(2)20(23)21(26)24-12-8-11-19(13-24)14-25(17(3)4)22(27)28-15-18-9-6-5-7-10-18/h5-7,9-10,16-17,19-20H,8,11-15,23H2,1-4H3/t19?,20-/m0/s1. The largest absolute Gasteiger partial charge is 0.445 e. The van der Waals surface area contributed by atoms with E-state index in [0.717, 1.165) is 24.9 Å². The van der Waals surface area contributed by atoms with E-state index in [4.69, 9.17) is 10.5 Å². The Labute approximate surface area is 169 Å². The average Bonchev–Trinajstić information content (AvgIpc) is 2.69. The molecule has 0 saturated carbocycles. The van der Waals surface area contributed by atoms with Gasteiger partial charge in [0, 0.05) is 25.7 Å². The molecule has 1 heterocycles. The Hall–Kier alpha value is -2.08. The summed E-state index contributed by atoms with van der Waals surface area (Å²) in [4.78, 5) is 28.9. The molecule has 6 nitrogen and oxygen atoms in total. The van der Waals surface area contributed by atoms with E-state index >= 15 is 0 Å². The lowest BCUT2D eigenvalue weighted by Crippen LogP contribution is -2.52. The Bertz CT molecular complexity index is 633. The third-order valence-electron chi connectivity index (χ3n) is 5.35. The molecule has 1 fully saturated rings.